The van der Waals surface area contributed by atoms with Gasteiger partial charge in [0, 0.05) is 23.6 Å². The van der Waals surface area contributed by atoms with E-state index in [0.717, 1.165) is 15.5 Å². The lowest BCUT2D eigenvalue weighted by molar-refractivity contribution is 0.102. The molecule has 4 aromatic rings. The standard InChI is InChI=1S/C15H10N6OS/c22-13(11-2-1-7-16-8-11)18-12-5-3-10(4-6-12)14-20-21-9-17-19-15(21)23-14/h1-9H,(H,18,22). The van der Waals surface area contributed by atoms with Crippen LogP contribution < -0.4 is 5.32 Å². The van der Waals surface area contributed by atoms with Crippen molar-refractivity contribution in [2.75, 3.05) is 5.32 Å². The predicted molar refractivity (Wildman–Crippen MR) is 86.3 cm³/mol. The summed E-state index contributed by atoms with van der Waals surface area (Å²) in [4.78, 5) is 16.8. The summed E-state index contributed by atoms with van der Waals surface area (Å²) in [5.74, 6) is -0.190. The first kappa shape index (κ1) is 13.5. The van der Waals surface area contributed by atoms with Gasteiger partial charge >= 0.3 is 0 Å². The van der Waals surface area contributed by atoms with E-state index in [9.17, 15) is 4.79 Å². The molecule has 0 bridgehead atoms. The fourth-order valence-electron chi connectivity index (χ4n) is 2.07. The number of amides is 1. The largest absolute Gasteiger partial charge is 0.322 e. The fraction of sp³-hybridized carbons (Fsp3) is 0. The van der Waals surface area contributed by atoms with E-state index in [1.54, 1.807) is 29.2 Å². The number of carbonyl (C=O) groups is 1. The Bertz CT molecular complexity index is 932. The maximum Gasteiger partial charge on any atom is 0.257 e. The Kier molecular flexibility index (Phi) is 3.28. The summed E-state index contributed by atoms with van der Waals surface area (Å²) in [6.45, 7) is 0. The molecule has 0 spiro atoms. The number of anilines is 1. The number of nitrogens with zero attached hydrogens (tertiary/aromatic N) is 5. The average molecular weight is 322 g/mol. The van der Waals surface area contributed by atoms with Crippen molar-refractivity contribution in [2.45, 2.75) is 0 Å². The summed E-state index contributed by atoms with van der Waals surface area (Å²) in [5.41, 5.74) is 2.19. The van der Waals surface area contributed by atoms with Crippen LogP contribution in [-0.4, -0.2) is 30.7 Å². The number of aromatic nitrogens is 5. The molecule has 7 nitrogen and oxygen atoms in total. The van der Waals surface area contributed by atoms with E-state index in [0.29, 0.717) is 11.3 Å². The van der Waals surface area contributed by atoms with Crippen molar-refractivity contribution >= 4 is 27.9 Å². The van der Waals surface area contributed by atoms with Crippen LogP contribution in [-0.2, 0) is 0 Å². The molecule has 3 aromatic heterocycles. The minimum atomic E-state index is -0.190. The molecule has 0 saturated carbocycles. The smallest absolute Gasteiger partial charge is 0.257 e. The molecule has 0 radical (unpaired) electrons. The Morgan fingerprint density at radius 2 is 2.04 bits per heavy atom. The molecule has 3 heterocycles. The number of fused-ring (bicyclic) bond motifs is 1. The number of carbonyl (C=O) groups excluding carboxylic acids is 1. The lowest BCUT2D eigenvalue weighted by Gasteiger charge is -2.05. The van der Waals surface area contributed by atoms with Gasteiger partial charge in [-0.1, -0.05) is 11.3 Å². The zero-order valence-electron chi connectivity index (χ0n) is 11.7. The van der Waals surface area contributed by atoms with Crippen molar-refractivity contribution < 1.29 is 4.79 Å². The van der Waals surface area contributed by atoms with E-state index in [-0.39, 0.29) is 5.91 Å². The molecular weight excluding hydrogens is 312 g/mol. The zero-order valence-corrected chi connectivity index (χ0v) is 12.6. The molecule has 1 amide bonds. The maximum absolute atomic E-state index is 12.1. The van der Waals surface area contributed by atoms with Gasteiger partial charge in [-0.15, -0.1) is 10.2 Å². The predicted octanol–water partition coefficient (Wildman–Crippen LogP) is 2.50. The van der Waals surface area contributed by atoms with Gasteiger partial charge in [0.05, 0.1) is 5.56 Å². The van der Waals surface area contributed by atoms with Gasteiger partial charge in [-0.05, 0) is 36.4 Å². The SMILES string of the molecule is O=C(Nc1ccc(-c2nn3cnnc3s2)cc1)c1cccnc1. The maximum atomic E-state index is 12.1. The minimum absolute atomic E-state index is 0.190. The lowest BCUT2D eigenvalue weighted by atomic mass is 10.2. The summed E-state index contributed by atoms with van der Waals surface area (Å²) in [7, 11) is 0. The summed E-state index contributed by atoms with van der Waals surface area (Å²) in [5, 5.41) is 15.8. The topological polar surface area (TPSA) is 85.1 Å². The summed E-state index contributed by atoms with van der Waals surface area (Å²) >= 11 is 1.46. The van der Waals surface area contributed by atoms with Crippen molar-refractivity contribution in [1.82, 2.24) is 24.8 Å². The highest BCUT2D eigenvalue weighted by atomic mass is 32.1. The third-order valence-corrected chi connectivity index (χ3v) is 4.16. The molecule has 8 heteroatoms. The van der Waals surface area contributed by atoms with Crippen molar-refractivity contribution in [3.8, 4) is 10.6 Å². The van der Waals surface area contributed by atoms with Crippen LogP contribution >= 0.6 is 11.3 Å². The summed E-state index contributed by atoms with van der Waals surface area (Å²) < 4.78 is 1.64. The van der Waals surface area contributed by atoms with Crippen molar-refractivity contribution in [1.29, 1.82) is 0 Å². The van der Waals surface area contributed by atoms with Gasteiger partial charge in [-0.2, -0.15) is 9.61 Å². The van der Waals surface area contributed by atoms with Crippen LogP contribution in [0.5, 0.6) is 0 Å². The second-order valence-corrected chi connectivity index (χ2v) is 5.69. The highest BCUT2D eigenvalue weighted by Gasteiger charge is 2.09. The fourth-order valence-corrected chi connectivity index (χ4v) is 2.90. The van der Waals surface area contributed by atoms with Crippen LogP contribution in [0.4, 0.5) is 5.69 Å². The summed E-state index contributed by atoms with van der Waals surface area (Å²) in [6, 6.07) is 10.9. The number of hydrogen-bond acceptors (Lipinski definition) is 6. The first-order valence-corrected chi connectivity index (χ1v) is 7.60. The van der Waals surface area contributed by atoms with Crippen molar-refractivity contribution in [2.24, 2.45) is 0 Å². The molecule has 1 N–H and O–H groups in total. The van der Waals surface area contributed by atoms with Crippen LogP contribution in [0.25, 0.3) is 15.5 Å². The van der Waals surface area contributed by atoms with Gasteiger partial charge in [-0.25, -0.2) is 0 Å². The van der Waals surface area contributed by atoms with E-state index < -0.39 is 0 Å². The van der Waals surface area contributed by atoms with Crippen LogP contribution in [0.1, 0.15) is 10.4 Å². The highest BCUT2D eigenvalue weighted by Crippen LogP contribution is 2.25. The Labute approximate surface area is 134 Å². The molecule has 0 atom stereocenters. The first-order chi connectivity index (χ1) is 11.3. The van der Waals surface area contributed by atoms with Crippen LogP contribution in [0.2, 0.25) is 0 Å². The van der Waals surface area contributed by atoms with E-state index in [1.807, 2.05) is 24.3 Å². The Hall–Kier alpha value is -3.13. The van der Waals surface area contributed by atoms with Crippen LogP contribution in [0, 0.1) is 0 Å². The molecule has 23 heavy (non-hydrogen) atoms. The van der Waals surface area contributed by atoms with Crippen molar-refractivity contribution in [3.05, 3.63) is 60.7 Å². The molecule has 0 saturated heterocycles. The Balaban J connectivity index is 1.54. The lowest BCUT2D eigenvalue weighted by Crippen LogP contribution is -2.11. The van der Waals surface area contributed by atoms with Gasteiger partial charge in [0.15, 0.2) is 0 Å². The monoisotopic (exact) mass is 322 g/mol. The highest BCUT2D eigenvalue weighted by molar-refractivity contribution is 7.19. The second kappa shape index (κ2) is 5.58. The second-order valence-electron chi connectivity index (χ2n) is 4.74. The van der Waals surface area contributed by atoms with Gasteiger partial charge in [-0.3, -0.25) is 9.78 Å². The average Bonchev–Trinajstić information content (AvgIpc) is 3.18. The van der Waals surface area contributed by atoms with E-state index in [4.69, 9.17) is 0 Å². The Morgan fingerprint density at radius 1 is 1.17 bits per heavy atom. The Morgan fingerprint density at radius 3 is 2.78 bits per heavy atom. The molecule has 112 valence electrons. The molecule has 4 rings (SSSR count). The number of rotatable bonds is 3. The quantitative estimate of drug-likeness (QED) is 0.626. The van der Waals surface area contributed by atoms with Gasteiger partial charge < -0.3 is 5.32 Å². The molecule has 0 aliphatic rings. The van der Waals surface area contributed by atoms with Gasteiger partial charge in [0.1, 0.15) is 11.3 Å². The normalized spacial score (nSPS) is 10.8. The third kappa shape index (κ3) is 2.67. The van der Waals surface area contributed by atoms with Crippen LogP contribution in [0.15, 0.2) is 55.1 Å². The molecule has 1 aromatic carbocycles. The van der Waals surface area contributed by atoms with E-state index in [1.165, 1.54) is 17.5 Å². The number of pyridine rings is 1. The minimum Gasteiger partial charge on any atom is -0.322 e. The van der Waals surface area contributed by atoms with Gasteiger partial charge in [0.2, 0.25) is 4.96 Å². The number of hydrogen-bond donors (Lipinski definition) is 1. The number of nitrogens with one attached hydrogen (secondary N) is 1. The van der Waals surface area contributed by atoms with E-state index >= 15 is 0 Å². The zero-order chi connectivity index (χ0) is 15.6. The van der Waals surface area contributed by atoms with Crippen molar-refractivity contribution in [3.63, 3.8) is 0 Å². The van der Waals surface area contributed by atoms with E-state index in [2.05, 4.69) is 25.6 Å². The van der Waals surface area contributed by atoms with Crippen LogP contribution in [0.3, 0.4) is 0 Å². The third-order valence-electron chi connectivity index (χ3n) is 3.20. The molecule has 0 aliphatic heterocycles. The molecule has 0 fully saturated rings. The first-order valence-electron chi connectivity index (χ1n) is 6.78. The molecule has 0 unspecified atom stereocenters. The number of benzene rings is 1. The van der Waals surface area contributed by atoms with Gasteiger partial charge in [0.25, 0.3) is 5.91 Å². The molecular formula is C15H10N6OS. The summed E-state index contributed by atoms with van der Waals surface area (Å²) in [6.07, 6.45) is 4.73. The molecule has 0 aliphatic carbocycles.